The minimum atomic E-state index is -1.53. The van der Waals surface area contributed by atoms with Crippen molar-refractivity contribution in [3.63, 3.8) is 0 Å². The van der Waals surface area contributed by atoms with Crippen molar-refractivity contribution in [2.75, 3.05) is 6.54 Å². The molecule has 5 unspecified atom stereocenters. The molecule has 196 valence electrons. The Balaban J connectivity index is 5.56. The zero-order chi connectivity index (χ0) is 26.4. The van der Waals surface area contributed by atoms with E-state index in [1.54, 1.807) is 13.8 Å². The molecular weight excluding hydrogens is 446 g/mol. The Kier molecular flexibility index (Phi) is 14.7. The highest BCUT2D eigenvalue weighted by Gasteiger charge is 2.33. The van der Waals surface area contributed by atoms with Crippen LogP contribution in [-0.2, 0) is 24.0 Å². The molecular formula is C22H41N5O7. The van der Waals surface area contributed by atoms with E-state index in [1.165, 1.54) is 0 Å². The molecule has 0 spiro atoms. The molecule has 5 atom stereocenters. The van der Waals surface area contributed by atoms with Gasteiger partial charge >= 0.3 is 11.9 Å². The van der Waals surface area contributed by atoms with E-state index < -0.39 is 66.2 Å². The molecule has 0 radical (unpaired) electrons. The Hall–Kier alpha value is -2.73. The summed E-state index contributed by atoms with van der Waals surface area (Å²) < 4.78 is 0. The summed E-state index contributed by atoms with van der Waals surface area (Å²) in [7, 11) is 0. The molecule has 12 nitrogen and oxygen atoms in total. The van der Waals surface area contributed by atoms with E-state index in [4.69, 9.17) is 11.5 Å². The Morgan fingerprint density at radius 2 is 1.41 bits per heavy atom. The molecule has 0 aromatic heterocycles. The number of carbonyl (C=O) groups excluding carboxylic acids is 3. The number of hydrogen-bond donors (Lipinski definition) is 7. The first-order chi connectivity index (χ1) is 15.8. The lowest BCUT2D eigenvalue weighted by molar-refractivity contribution is -0.144. The standard InChI is InChI=1S/C22H41N5O7/c1-5-13(4)18(22(33)34)27-21(32)16(11-17(28)29)26-20(31)15(8-6-7-9-23)25-19(30)14(24)10-12(2)3/h12-16,18H,5-11,23-24H2,1-4H3,(H,25,30)(H,26,31)(H,27,32)(H,28,29)(H,33,34). The van der Waals surface area contributed by atoms with Gasteiger partial charge in [-0.15, -0.1) is 0 Å². The Bertz CT molecular complexity index is 701. The van der Waals surface area contributed by atoms with Crippen LogP contribution >= 0.6 is 0 Å². The molecule has 0 saturated heterocycles. The largest absolute Gasteiger partial charge is 0.481 e. The molecule has 0 saturated carbocycles. The molecule has 34 heavy (non-hydrogen) atoms. The van der Waals surface area contributed by atoms with Crippen molar-refractivity contribution >= 4 is 29.7 Å². The number of carboxylic acids is 2. The number of unbranched alkanes of at least 4 members (excludes halogenated alkanes) is 1. The van der Waals surface area contributed by atoms with Crippen LogP contribution < -0.4 is 27.4 Å². The van der Waals surface area contributed by atoms with E-state index in [1.807, 2.05) is 13.8 Å². The predicted molar refractivity (Wildman–Crippen MR) is 125 cm³/mol. The number of amides is 3. The molecule has 0 aromatic rings. The van der Waals surface area contributed by atoms with Gasteiger partial charge in [0.15, 0.2) is 0 Å². The fraction of sp³-hybridized carbons (Fsp3) is 0.773. The van der Waals surface area contributed by atoms with Gasteiger partial charge in [-0.3, -0.25) is 19.2 Å². The Labute approximate surface area is 200 Å². The van der Waals surface area contributed by atoms with Gasteiger partial charge in [0.2, 0.25) is 17.7 Å². The maximum absolute atomic E-state index is 12.9. The molecule has 3 amide bonds. The fourth-order valence-corrected chi connectivity index (χ4v) is 3.25. The molecule has 0 rings (SSSR count). The quantitative estimate of drug-likeness (QED) is 0.132. The summed E-state index contributed by atoms with van der Waals surface area (Å²) in [5, 5.41) is 25.8. The third-order valence-electron chi connectivity index (χ3n) is 5.43. The summed E-state index contributed by atoms with van der Waals surface area (Å²) in [5.41, 5.74) is 11.4. The average molecular weight is 488 g/mol. The second-order valence-corrected chi connectivity index (χ2v) is 8.95. The van der Waals surface area contributed by atoms with Crippen LogP contribution in [0.25, 0.3) is 0 Å². The van der Waals surface area contributed by atoms with Crippen LogP contribution in [-0.4, -0.2) is 70.6 Å². The van der Waals surface area contributed by atoms with Crippen molar-refractivity contribution in [3.8, 4) is 0 Å². The van der Waals surface area contributed by atoms with Crippen molar-refractivity contribution in [1.29, 1.82) is 0 Å². The molecule has 0 heterocycles. The highest BCUT2D eigenvalue weighted by Crippen LogP contribution is 2.10. The number of carbonyl (C=O) groups is 5. The second-order valence-electron chi connectivity index (χ2n) is 8.95. The van der Waals surface area contributed by atoms with Crippen molar-refractivity contribution in [2.45, 2.75) is 90.4 Å². The Morgan fingerprint density at radius 1 is 0.853 bits per heavy atom. The van der Waals surface area contributed by atoms with Gasteiger partial charge in [0.25, 0.3) is 0 Å². The first kappa shape index (κ1) is 31.3. The van der Waals surface area contributed by atoms with Gasteiger partial charge < -0.3 is 37.6 Å². The maximum Gasteiger partial charge on any atom is 0.326 e. The predicted octanol–water partition coefficient (Wildman–Crippen LogP) is -0.451. The third kappa shape index (κ3) is 11.9. The normalized spacial score (nSPS) is 15.5. The van der Waals surface area contributed by atoms with E-state index in [9.17, 15) is 34.2 Å². The number of nitrogens with one attached hydrogen (secondary N) is 3. The van der Waals surface area contributed by atoms with Gasteiger partial charge in [-0.05, 0) is 44.1 Å². The van der Waals surface area contributed by atoms with E-state index in [0.29, 0.717) is 32.2 Å². The van der Waals surface area contributed by atoms with E-state index in [2.05, 4.69) is 16.0 Å². The molecule has 0 bridgehead atoms. The summed E-state index contributed by atoms with van der Waals surface area (Å²) in [6.45, 7) is 7.56. The van der Waals surface area contributed by atoms with Gasteiger partial charge in [0.1, 0.15) is 18.1 Å². The number of rotatable bonds is 17. The van der Waals surface area contributed by atoms with E-state index in [0.717, 1.165) is 0 Å². The summed E-state index contributed by atoms with van der Waals surface area (Å²) in [6, 6.07) is -4.69. The minimum Gasteiger partial charge on any atom is -0.481 e. The first-order valence-electron chi connectivity index (χ1n) is 11.6. The zero-order valence-corrected chi connectivity index (χ0v) is 20.5. The SMILES string of the molecule is CCC(C)C(NC(=O)C(CC(=O)O)NC(=O)C(CCCCN)NC(=O)C(N)CC(C)C)C(=O)O. The molecule has 0 aliphatic heterocycles. The van der Waals surface area contributed by atoms with Crippen molar-refractivity contribution in [3.05, 3.63) is 0 Å². The number of aliphatic carboxylic acids is 2. The highest BCUT2D eigenvalue weighted by atomic mass is 16.4. The van der Waals surface area contributed by atoms with Crippen LogP contribution in [0.2, 0.25) is 0 Å². The second kappa shape index (κ2) is 16.0. The van der Waals surface area contributed by atoms with Gasteiger partial charge in [-0.1, -0.05) is 34.1 Å². The van der Waals surface area contributed by atoms with Gasteiger partial charge in [-0.25, -0.2) is 4.79 Å². The lowest BCUT2D eigenvalue weighted by atomic mass is 9.98. The lowest BCUT2D eigenvalue weighted by Gasteiger charge is -2.26. The van der Waals surface area contributed by atoms with Gasteiger partial charge in [0.05, 0.1) is 12.5 Å². The van der Waals surface area contributed by atoms with Gasteiger partial charge in [-0.2, -0.15) is 0 Å². The van der Waals surface area contributed by atoms with Crippen molar-refractivity contribution in [1.82, 2.24) is 16.0 Å². The monoisotopic (exact) mass is 487 g/mol. The third-order valence-corrected chi connectivity index (χ3v) is 5.43. The zero-order valence-electron chi connectivity index (χ0n) is 20.5. The number of nitrogens with two attached hydrogens (primary N) is 2. The van der Waals surface area contributed by atoms with Crippen LogP contribution in [0.4, 0.5) is 0 Å². The topological polar surface area (TPSA) is 214 Å². The summed E-state index contributed by atoms with van der Waals surface area (Å²) in [5.74, 6) is -5.14. The van der Waals surface area contributed by atoms with Crippen molar-refractivity contribution < 1.29 is 34.2 Å². The van der Waals surface area contributed by atoms with E-state index >= 15 is 0 Å². The molecule has 0 fully saturated rings. The summed E-state index contributed by atoms with van der Waals surface area (Å²) in [4.78, 5) is 61.0. The molecule has 0 aliphatic rings. The smallest absolute Gasteiger partial charge is 0.326 e. The molecule has 9 N–H and O–H groups in total. The summed E-state index contributed by atoms with van der Waals surface area (Å²) in [6.07, 6.45) is 1.39. The van der Waals surface area contributed by atoms with Crippen LogP contribution in [0.1, 0.15) is 66.2 Å². The van der Waals surface area contributed by atoms with Crippen LogP contribution in [0.5, 0.6) is 0 Å². The fourth-order valence-electron chi connectivity index (χ4n) is 3.25. The first-order valence-corrected chi connectivity index (χ1v) is 11.6. The van der Waals surface area contributed by atoms with Gasteiger partial charge in [0, 0.05) is 0 Å². The maximum atomic E-state index is 12.9. The highest BCUT2D eigenvalue weighted by molar-refractivity contribution is 5.95. The molecule has 12 heteroatoms. The molecule has 0 aliphatic carbocycles. The Morgan fingerprint density at radius 3 is 1.88 bits per heavy atom. The summed E-state index contributed by atoms with van der Waals surface area (Å²) >= 11 is 0. The number of carboxylic acid groups (broad SMARTS) is 2. The minimum absolute atomic E-state index is 0.154. The van der Waals surface area contributed by atoms with Crippen LogP contribution in [0.3, 0.4) is 0 Å². The molecule has 0 aromatic carbocycles. The van der Waals surface area contributed by atoms with Crippen molar-refractivity contribution in [2.24, 2.45) is 23.3 Å². The van der Waals surface area contributed by atoms with E-state index in [-0.39, 0.29) is 12.3 Å². The average Bonchev–Trinajstić information content (AvgIpc) is 2.74. The lowest BCUT2D eigenvalue weighted by Crippen LogP contribution is -2.58. The van der Waals surface area contributed by atoms with Crippen LogP contribution in [0, 0.1) is 11.8 Å². The van der Waals surface area contributed by atoms with Crippen LogP contribution in [0.15, 0.2) is 0 Å². The number of hydrogen-bond acceptors (Lipinski definition) is 7.